The average molecular weight is 386 g/mol. The van der Waals surface area contributed by atoms with Crippen LogP contribution in [0.25, 0.3) is 32.6 Å². The highest BCUT2D eigenvalue weighted by atomic mass is 16.1. The van der Waals surface area contributed by atoms with E-state index < -0.39 is 0 Å². The van der Waals surface area contributed by atoms with Gasteiger partial charge in [-0.25, -0.2) is 0 Å². The van der Waals surface area contributed by atoms with Crippen molar-refractivity contribution in [3.8, 4) is 0 Å². The van der Waals surface area contributed by atoms with Crippen LogP contribution in [0.1, 0.15) is 24.8 Å². The van der Waals surface area contributed by atoms with Crippen LogP contribution in [0.3, 0.4) is 0 Å². The third kappa shape index (κ3) is 2.97. The summed E-state index contributed by atoms with van der Waals surface area (Å²) in [6, 6.07) is 12.4. The third-order valence-corrected chi connectivity index (χ3v) is 6.35. The molecule has 0 saturated carbocycles. The van der Waals surface area contributed by atoms with Crippen molar-refractivity contribution in [3.05, 3.63) is 58.5 Å². The Kier molecular flexibility index (Phi) is 4.47. The molecule has 0 unspecified atom stereocenters. The summed E-state index contributed by atoms with van der Waals surface area (Å²) >= 11 is 0. The molecule has 0 aliphatic carbocycles. The lowest BCUT2D eigenvalue weighted by molar-refractivity contribution is 0.221. The van der Waals surface area contributed by atoms with Gasteiger partial charge in [0.25, 0.3) is 5.56 Å². The van der Waals surface area contributed by atoms with Gasteiger partial charge in [0.15, 0.2) is 0 Å². The molecule has 5 rings (SSSR count). The predicted molar refractivity (Wildman–Crippen MR) is 120 cm³/mol. The van der Waals surface area contributed by atoms with Crippen LogP contribution < -0.4 is 11.3 Å². The monoisotopic (exact) mass is 386 g/mol. The van der Waals surface area contributed by atoms with E-state index in [0.717, 1.165) is 52.2 Å². The number of nitrogens with zero attached hydrogens (tertiary/aromatic N) is 3. The lowest BCUT2D eigenvalue weighted by Crippen LogP contribution is -2.35. The molecule has 0 bridgehead atoms. The molecule has 2 N–H and O–H groups in total. The van der Waals surface area contributed by atoms with Crippen LogP contribution in [-0.4, -0.2) is 34.1 Å². The molecule has 0 spiro atoms. The van der Waals surface area contributed by atoms with Crippen LogP contribution in [0, 0.1) is 6.92 Å². The Bertz CT molecular complexity index is 1290. The summed E-state index contributed by atoms with van der Waals surface area (Å²) in [7, 11) is 0. The lowest BCUT2D eigenvalue weighted by atomic mass is 10.0. The fraction of sp³-hybridized carbons (Fsp3) is 0.333. The standard InChI is InChI=1S/C24H26N4O/c1-16-21(25)20-15-26-22-18-8-4-3-7-17(18)9-10-19(22)23(20)28(24(16)29)14-13-27-11-5-2-6-12-27/h3-4,7-10,15H,2,5-6,11-14,25H2,1H3. The molecule has 0 atom stereocenters. The summed E-state index contributed by atoms with van der Waals surface area (Å²) in [4.78, 5) is 20.4. The van der Waals surface area contributed by atoms with Gasteiger partial charge in [0.05, 0.1) is 16.7 Å². The van der Waals surface area contributed by atoms with Crippen molar-refractivity contribution in [2.45, 2.75) is 32.7 Å². The van der Waals surface area contributed by atoms with Crippen molar-refractivity contribution < 1.29 is 0 Å². The minimum absolute atomic E-state index is 0.00710. The van der Waals surface area contributed by atoms with Crippen molar-refractivity contribution in [3.63, 3.8) is 0 Å². The van der Waals surface area contributed by atoms with Crippen molar-refractivity contribution in [1.82, 2.24) is 14.5 Å². The van der Waals surface area contributed by atoms with Gasteiger partial charge in [-0.3, -0.25) is 9.78 Å². The molecule has 2 aromatic heterocycles. The number of nitrogens with two attached hydrogens (primary N) is 1. The minimum atomic E-state index is 0.00710. The van der Waals surface area contributed by atoms with Gasteiger partial charge < -0.3 is 15.2 Å². The number of likely N-dealkylation sites (tertiary alicyclic amines) is 1. The van der Waals surface area contributed by atoms with E-state index in [1.165, 1.54) is 19.3 Å². The number of rotatable bonds is 3. The summed E-state index contributed by atoms with van der Waals surface area (Å²) in [6.07, 6.45) is 5.64. The van der Waals surface area contributed by atoms with Crippen molar-refractivity contribution in [2.24, 2.45) is 0 Å². The molecule has 148 valence electrons. The van der Waals surface area contributed by atoms with E-state index in [4.69, 9.17) is 10.7 Å². The number of benzene rings is 2. The molecule has 1 aliphatic rings. The van der Waals surface area contributed by atoms with E-state index in [-0.39, 0.29) is 5.56 Å². The van der Waals surface area contributed by atoms with E-state index in [1.54, 1.807) is 0 Å². The molecule has 1 saturated heterocycles. The van der Waals surface area contributed by atoms with Crippen LogP contribution in [0.5, 0.6) is 0 Å². The number of nitrogen functional groups attached to an aromatic ring is 1. The smallest absolute Gasteiger partial charge is 0.256 e. The zero-order chi connectivity index (χ0) is 20.0. The van der Waals surface area contributed by atoms with E-state index in [0.29, 0.717) is 17.8 Å². The van der Waals surface area contributed by atoms with Crippen LogP contribution in [0.15, 0.2) is 47.4 Å². The fourth-order valence-corrected chi connectivity index (χ4v) is 4.67. The summed E-state index contributed by atoms with van der Waals surface area (Å²) in [5, 5.41) is 4.10. The molecule has 0 radical (unpaired) electrons. The maximum atomic E-state index is 13.2. The lowest BCUT2D eigenvalue weighted by Gasteiger charge is -2.27. The highest BCUT2D eigenvalue weighted by Crippen LogP contribution is 2.31. The van der Waals surface area contributed by atoms with Crippen LogP contribution in [-0.2, 0) is 6.54 Å². The minimum Gasteiger partial charge on any atom is -0.398 e. The van der Waals surface area contributed by atoms with Crippen molar-refractivity contribution in [1.29, 1.82) is 0 Å². The molecule has 2 aromatic carbocycles. The average Bonchev–Trinajstić information content (AvgIpc) is 2.77. The zero-order valence-electron chi connectivity index (χ0n) is 16.8. The molecule has 5 heteroatoms. The van der Waals surface area contributed by atoms with Gasteiger partial charge in [-0.1, -0.05) is 42.8 Å². The Hall–Kier alpha value is -2.92. The summed E-state index contributed by atoms with van der Waals surface area (Å²) in [5.74, 6) is 0. The maximum Gasteiger partial charge on any atom is 0.256 e. The zero-order valence-corrected chi connectivity index (χ0v) is 16.8. The van der Waals surface area contributed by atoms with Gasteiger partial charge in [0.2, 0.25) is 0 Å². The normalized spacial score (nSPS) is 15.5. The Labute approximate surface area is 169 Å². The SMILES string of the molecule is Cc1c(N)c2cnc3c4ccccc4ccc3c2n(CCN2CCCCC2)c1=O. The Morgan fingerprint density at radius 1 is 0.966 bits per heavy atom. The number of fused-ring (bicyclic) bond motifs is 5. The number of anilines is 1. The van der Waals surface area contributed by atoms with Gasteiger partial charge in [-0.2, -0.15) is 0 Å². The Morgan fingerprint density at radius 2 is 1.76 bits per heavy atom. The molecule has 1 fully saturated rings. The highest BCUT2D eigenvalue weighted by Gasteiger charge is 2.17. The first-order chi connectivity index (χ1) is 14.1. The maximum absolute atomic E-state index is 13.2. The quantitative estimate of drug-likeness (QED) is 0.539. The van der Waals surface area contributed by atoms with E-state index >= 15 is 0 Å². The van der Waals surface area contributed by atoms with Gasteiger partial charge in [0.1, 0.15) is 0 Å². The fourth-order valence-electron chi connectivity index (χ4n) is 4.67. The first kappa shape index (κ1) is 18.1. The van der Waals surface area contributed by atoms with Crippen LogP contribution in [0.2, 0.25) is 0 Å². The van der Waals surface area contributed by atoms with Crippen molar-refractivity contribution >= 4 is 38.3 Å². The predicted octanol–water partition coefficient (Wildman–Crippen LogP) is 4.08. The first-order valence-electron chi connectivity index (χ1n) is 10.5. The number of hydrogen-bond donors (Lipinski definition) is 1. The first-order valence-corrected chi connectivity index (χ1v) is 10.5. The molecule has 0 amide bonds. The second-order valence-electron chi connectivity index (χ2n) is 8.10. The molecule has 1 aliphatic heterocycles. The second kappa shape index (κ2) is 7.16. The number of hydrogen-bond acceptors (Lipinski definition) is 4. The van der Waals surface area contributed by atoms with Gasteiger partial charge in [-0.05, 0) is 38.2 Å². The molecule has 5 nitrogen and oxygen atoms in total. The van der Waals surface area contributed by atoms with Crippen LogP contribution >= 0.6 is 0 Å². The van der Waals surface area contributed by atoms with Crippen LogP contribution in [0.4, 0.5) is 5.69 Å². The summed E-state index contributed by atoms with van der Waals surface area (Å²) in [6.45, 7) is 5.61. The molecular formula is C24H26N4O. The van der Waals surface area contributed by atoms with E-state index in [1.807, 2.05) is 29.8 Å². The molecule has 29 heavy (non-hydrogen) atoms. The molecular weight excluding hydrogens is 360 g/mol. The number of pyridine rings is 2. The van der Waals surface area contributed by atoms with E-state index in [2.05, 4.69) is 29.2 Å². The topological polar surface area (TPSA) is 64.2 Å². The highest BCUT2D eigenvalue weighted by molar-refractivity contribution is 6.15. The summed E-state index contributed by atoms with van der Waals surface area (Å²) in [5.41, 5.74) is 9.36. The molecule has 4 aromatic rings. The van der Waals surface area contributed by atoms with E-state index in [9.17, 15) is 4.79 Å². The van der Waals surface area contributed by atoms with Gasteiger partial charge >= 0.3 is 0 Å². The molecule has 3 heterocycles. The van der Waals surface area contributed by atoms with Crippen molar-refractivity contribution in [2.75, 3.05) is 25.4 Å². The third-order valence-electron chi connectivity index (χ3n) is 6.35. The number of aromatic nitrogens is 2. The Balaban J connectivity index is 1.76. The second-order valence-corrected chi connectivity index (χ2v) is 8.10. The largest absolute Gasteiger partial charge is 0.398 e. The number of piperidine rings is 1. The Morgan fingerprint density at radius 3 is 2.59 bits per heavy atom. The van der Waals surface area contributed by atoms with Gasteiger partial charge in [-0.15, -0.1) is 0 Å². The van der Waals surface area contributed by atoms with Gasteiger partial charge in [0, 0.05) is 41.0 Å². The summed E-state index contributed by atoms with van der Waals surface area (Å²) < 4.78 is 1.93.